The first-order valence-corrected chi connectivity index (χ1v) is 4.54. The van der Waals surface area contributed by atoms with Gasteiger partial charge in [0.25, 0.3) is 0 Å². The second-order valence-electron chi connectivity index (χ2n) is 3.30. The van der Waals surface area contributed by atoms with Crippen LogP contribution in [0.4, 0.5) is 0 Å². The van der Waals surface area contributed by atoms with Crippen molar-refractivity contribution in [2.45, 2.75) is 13.0 Å². The summed E-state index contributed by atoms with van der Waals surface area (Å²) in [5, 5.41) is 8.96. The van der Waals surface area contributed by atoms with Crippen molar-refractivity contribution in [3.63, 3.8) is 0 Å². The van der Waals surface area contributed by atoms with Crippen molar-refractivity contribution in [2.75, 3.05) is 6.61 Å². The molecule has 2 rings (SSSR count). The average molecular weight is 191 g/mol. The normalized spacial score (nSPS) is 13.4. The van der Waals surface area contributed by atoms with Gasteiger partial charge in [-0.05, 0) is 19.1 Å². The summed E-state index contributed by atoms with van der Waals surface area (Å²) in [5.74, 6) is 0. The Morgan fingerprint density at radius 2 is 2.36 bits per heavy atom. The van der Waals surface area contributed by atoms with Crippen molar-refractivity contribution in [3.8, 4) is 0 Å². The van der Waals surface area contributed by atoms with Gasteiger partial charge in [0.15, 0.2) is 0 Å². The molecule has 0 bridgehead atoms. The molecule has 0 aliphatic heterocycles. The smallest absolute Gasteiger partial charge is 0.137 e. The Labute approximate surface area is 82.0 Å². The number of imidazole rings is 1. The van der Waals surface area contributed by atoms with Crippen molar-refractivity contribution in [2.24, 2.45) is 5.73 Å². The van der Waals surface area contributed by atoms with Gasteiger partial charge in [0.05, 0.1) is 18.3 Å². The third-order valence-corrected chi connectivity index (χ3v) is 2.35. The molecule has 74 valence electrons. The minimum Gasteiger partial charge on any atom is -0.394 e. The number of aliphatic hydroxyl groups excluding tert-OH is 1. The molecular weight excluding hydrogens is 178 g/mol. The highest BCUT2D eigenvalue weighted by atomic mass is 16.3. The Morgan fingerprint density at radius 3 is 3.00 bits per heavy atom. The zero-order valence-electron chi connectivity index (χ0n) is 8.01. The van der Waals surface area contributed by atoms with Gasteiger partial charge in [-0.25, -0.2) is 4.98 Å². The van der Waals surface area contributed by atoms with Crippen LogP contribution in [0.3, 0.4) is 0 Å². The van der Waals surface area contributed by atoms with E-state index in [4.69, 9.17) is 10.8 Å². The molecule has 3 N–H and O–H groups in total. The lowest BCUT2D eigenvalue weighted by molar-refractivity contribution is 0.266. The summed E-state index contributed by atoms with van der Waals surface area (Å²) in [7, 11) is 0. The van der Waals surface area contributed by atoms with Crippen LogP contribution in [0.1, 0.15) is 17.4 Å². The second-order valence-corrected chi connectivity index (χ2v) is 3.30. The predicted octanol–water partition coefficient (Wildman–Crippen LogP) is 0.635. The minimum absolute atomic E-state index is 0.0786. The van der Waals surface area contributed by atoms with Gasteiger partial charge < -0.3 is 15.2 Å². The number of hydrogen-bond acceptors (Lipinski definition) is 3. The van der Waals surface area contributed by atoms with E-state index in [0.717, 1.165) is 17.0 Å². The highest BCUT2D eigenvalue weighted by Crippen LogP contribution is 2.16. The molecule has 0 aliphatic carbocycles. The van der Waals surface area contributed by atoms with Gasteiger partial charge in [-0.3, -0.25) is 0 Å². The van der Waals surface area contributed by atoms with E-state index >= 15 is 0 Å². The Kier molecular flexibility index (Phi) is 2.23. The van der Waals surface area contributed by atoms with Crippen LogP contribution in [-0.4, -0.2) is 21.1 Å². The van der Waals surface area contributed by atoms with E-state index in [2.05, 4.69) is 4.98 Å². The zero-order chi connectivity index (χ0) is 10.1. The SMILES string of the molecule is Cc1c(C(N)CO)nc2ccccn12. The summed E-state index contributed by atoms with van der Waals surface area (Å²) >= 11 is 0. The standard InChI is InChI=1S/C10H13N3O/c1-7-10(8(11)6-14)12-9-4-2-3-5-13(7)9/h2-5,8,14H,6,11H2,1H3. The Bertz CT molecular complexity index is 450. The molecule has 0 aliphatic rings. The Hall–Kier alpha value is -1.39. The van der Waals surface area contributed by atoms with Crippen molar-refractivity contribution in [3.05, 3.63) is 35.8 Å². The van der Waals surface area contributed by atoms with Gasteiger partial charge in [-0.2, -0.15) is 0 Å². The molecule has 1 atom stereocenters. The van der Waals surface area contributed by atoms with Crippen molar-refractivity contribution >= 4 is 5.65 Å². The second kappa shape index (κ2) is 3.40. The Balaban J connectivity index is 2.62. The largest absolute Gasteiger partial charge is 0.394 e. The van der Waals surface area contributed by atoms with Gasteiger partial charge in [-0.15, -0.1) is 0 Å². The summed E-state index contributed by atoms with van der Waals surface area (Å²) in [6.07, 6.45) is 1.94. The van der Waals surface area contributed by atoms with E-state index in [1.165, 1.54) is 0 Å². The lowest BCUT2D eigenvalue weighted by atomic mass is 10.2. The zero-order valence-corrected chi connectivity index (χ0v) is 8.01. The summed E-state index contributed by atoms with van der Waals surface area (Å²) in [6, 6.07) is 5.39. The van der Waals surface area contributed by atoms with Gasteiger partial charge >= 0.3 is 0 Å². The molecule has 0 fully saturated rings. The summed E-state index contributed by atoms with van der Waals surface area (Å²) < 4.78 is 1.96. The molecule has 14 heavy (non-hydrogen) atoms. The van der Waals surface area contributed by atoms with E-state index in [1.807, 2.05) is 35.7 Å². The van der Waals surface area contributed by atoms with E-state index < -0.39 is 6.04 Å². The number of pyridine rings is 1. The molecular formula is C10H13N3O. The average Bonchev–Trinajstić information content (AvgIpc) is 2.56. The number of aryl methyl sites for hydroxylation is 1. The summed E-state index contributed by atoms with van der Waals surface area (Å²) in [6.45, 7) is 1.87. The maximum Gasteiger partial charge on any atom is 0.137 e. The maximum absolute atomic E-state index is 8.96. The lowest BCUT2D eigenvalue weighted by Gasteiger charge is -2.04. The fourth-order valence-corrected chi connectivity index (χ4v) is 1.57. The minimum atomic E-state index is -0.394. The van der Waals surface area contributed by atoms with Crippen LogP contribution in [0, 0.1) is 6.92 Å². The maximum atomic E-state index is 8.96. The van der Waals surface area contributed by atoms with Crippen LogP contribution in [0.25, 0.3) is 5.65 Å². The quantitative estimate of drug-likeness (QED) is 0.732. The predicted molar refractivity (Wildman–Crippen MR) is 53.9 cm³/mol. The molecule has 2 heterocycles. The molecule has 0 aromatic carbocycles. The third-order valence-electron chi connectivity index (χ3n) is 2.35. The van der Waals surface area contributed by atoms with Crippen molar-refractivity contribution < 1.29 is 5.11 Å². The molecule has 4 nitrogen and oxygen atoms in total. The summed E-state index contributed by atoms with van der Waals surface area (Å²) in [5.41, 5.74) is 8.35. The molecule has 0 radical (unpaired) electrons. The number of rotatable bonds is 2. The number of nitrogens with two attached hydrogens (primary N) is 1. The summed E-state index contributed by atoms with van der Waals surface area (Å²) in [4.78, 5) is 4.36. The molecule has 0 saturated carbocycles. The van der Waals surface area contributed by atoms with Gasteiger partial charge in [0, 0.05) is 11.9 Å². The van der Waals surface area contributed by atoms with Gasteiger partial charge in [0.1, 0.15) is 5.65 Å². The first kappa shape index (κ1) is 9.18. The molecule has 2 aromatic rings. The first-order chi connectivity index (χ1) is 6.74. The van der Waals surface area contributed by atoms with Crippen molar-refractivity contribution in [1.82, 2.24) is 9.38 Å². The molecule has 0 amide bonds. The Morgan fingerprint density at radius 1 is 1.57 bits per heavy atom. The monoisotopic (exact) mass is 191 g/mol. The molecule has 0 saturated heterocycles. The van der Waals surface area contributed by atoms with Crippen LogP contribution < -0.4 is 5.73 Å². The van der Waals surface area contributed by atoms with E-state index in [0.29, 0.717) is 0 Å². The van der Waals surface area contributed by atoms with Crippen LogP contribution in [0.2, 0.25) is 0 Å². The van der Waals surface area contributed by atoms with Crippen LogP contribution in [0.15, 0.2) is 24.4 Å². The van der Waals surface area contributed by atoms with E-state index in [9.17, 15) is 0 Å². The van der Waals surface area contributed by atoms with Crippen LogP contribution in [-0.2, 0) is 0 Å². The third kappa shape index (κ3) is 1.29. The highest BCUT2D eigenvalue weighted by Gasteiger charge is 2.13. The molecule has 4 heteroatoms. The molecule has 1 unspecified atom stereocenters. The molecule has 0 spiro atoms. The fraction of sp³-hybridized carbons (Fsp3) is 0.300. The number of aromatic nitrogens is 2. The fourth-order valence-electron chi connectivity index (χ4n) is 1.57. The van der Waals surface area contributed by atoms with Gasteiger partial charge in [0.2, 0.25) is 0 Å². The first-order valence-electron chi connectivity index (χ1n) is 4.54. The number of nitrogens with zero attached hydrogens (tertiary/aromatic N) is 2. The number of aliphatic hydroxyl groups is 1. The van der Waals surface area contributed by atoms with Crippen molar-refractivity contribution in [1.29, 1.82) is 0 Å². The van der Waals surface area contributed by atoms with E-state index in [-0.39, 0.29) is 6.61 Å². The molecule has 2 aromatic heterocycles. The van der Waals surface area contributed by atoms with E-state index in [1.54, 1.807) is 0 Å². The van der Waals surface area contributed by atoms with Crippen LogP contribution in [0.5, 0.6) is 0 Å². The highest BCUT2D eigenvalue weighted by molar-refractivity contribution is 5.43. The number of hydrogen-bond donors (Lipinski definition) is 2. The lowest BCUT2D eigenvalue weighted by Crippen LogP contribution is -2.16. The van der Waals surface area contributed by atoms with Crippen LogP contribution >= 0.6 is 0 Å². The number of fused-ring (bicyclic) bond motifs is 1. The topological polar surface area (TPSA) is 63.5 Å². The van der Waals surface area contributed by atoms with Gasteiger partial charge in [-0.1, -0.05) is 6.07 Å².